The number of hydrogen-bond donors (Lipinski definition) is 3. The highest BCUT2D eigenvalue weighted by atomic mass is 32.2. The molecule has 0 aromatic heterocycles. The number of anilines is 1. The molecule has 0 spiro atoms. The summed E-state index contributed by atoms with van der Waals surface area (Å²) in [5.74, 6) is 0. The molecule has 0 saturated heterocycles. The number of hydrogen-bond acceptors (Lipinski definition) is 4. The van der Waals surface area contributed by atoms with Crippen LogP contribution in [0.25, 0.3) is 0 Å². The van der Waals surface area contributed by atoms with Crippen molar-refractivity contribution >= 4 is 15.7 Å². The Hall–Kier alpha value is -1.11. The van der Waals surface area contributed by atoms with E-state index >= 15 is 0 Å². The van der Waals surface area contributed by atoms with E-state index in [0.29, 0.717) is 11.3 Å². The lowest BCUT2D eigenvalue weighted by Crippen LogP contribution is -2.57. The van der Waals surface area contributed by atoms with Gasteiger partial charge in [-0.05, 0) is 52.3 Å². The molecule has 0 unspecified atom stereocenters. The van der Waals surface area contributed by atoms with Gasteiger partial charge < -0.3 is 10.8 Å². The molecule has 1 aromatic rings. The zero-order valence-corrected chi connectivity index (χ0v) is 12.8. The van der Waals surface area contributed by atoms with Crippen molar-refractivity contribution in [2.75, 3.05) is 5.73 Å². The van der Waals surface area contributed by atoms with E-state index in [0.717, 1.165) is 0 Å². The van der Waals surface area contributed by atoms with Crippen LogP contribution in [0.1, 0.15) is 33.3 Å². The monoisotopic (exact) mass is 286 g/mol. The normalized spacial score (nSPS) is 13.6. The first-order valence-electron chi connectivity index (χ1n) is 6.00. The first kappa shape index (κ1) is 15.9. The molecule has 0 radical (unpaired) electrons. The van der Waals surface area contributed by atoms with Gasteiger partial charge in [-0.2, -0.15) is 0 Å². The molecule has 0 aliphatic carbocycles. The third-order valence-corrected chi connectivity index (χ3v) is 5.33. The maximum Gasteiger partial charge on any atom is 0.241 e. The minimum atomic E-state index is -3.74. The molecule has 0 fully saturated rings. The number of nitrogen functional groups attached to an aromatic ring is 1. The van der Waals surface area contributed by atoms with Gasteiger partial charge in [-0.15, -0.1) is 0 Å². The molecule has 6 heteroatoms. The quantitative estimate of drug-likeness (QED) is 0.730. The van der Waals surface area contributed by atoms with Gasteiger partial charge in [-0.3, -0.25) is 0 Å². The van der Waals surface area contributed by atoms with Crippen LogP contribution in [0.4, 0.5) is 5.69 Å². The molecule has 0 aliphatic rings. The summed E-state index contributed by atoms with van der Waals surface area (Å²) in [4.78, 5) is 0.129. The summed E-state index contributed by atoms with van der Waals surface area (Å²) in [7, 11) is -3.74. The van der Waals surface area contributed by atoms with Crippen molar-refractivity contribution < 1.29 is 13.5 Å². The second kappa shape index (κ2) is 4.77. The molecule has 108 valence electrons. The summed E-state index contributed by atoms with van der Waals surface area (Å²) in [6.07, 6.45) is 0. The summed E-state index contributed by atoms with van der Waals surface area (Å²) in [6.45, 7) is 8.03. The Kier molecular flexibility index (Phi) is 4.01. The second-order valence-electron chi connectivity index (χ2n) is 5.76. The number of sulfonamides is 1. The third-order valence-electron chi connectivity index (χ3n) is 3.53. The fourth-order valence-electron chi connectivity index (χ4n) is 1.44. The smallest absolute Gasteiger partial charge is 0.241 e. The fraction of sp³-hybridized carbons (Fsp3) is 0.538. The lowest BCUT2D eigenvalue weighted by Gasteiger charge is -2.37. The first-order valence-corrected chi connectivity index (χ1v) is 7.48. The lowest BCUT2D eigenvalue weighted by molar-refractivity contribution is 0.00638. The number of benzene rings is 1. The van der Waals surface area contributed by atoms with E-state index in [4.69, 9.17) is 5.73 Å². The van der Waals surface area contributed by atoms with Crippen molar-refractivity contribution in [3.8, 4) is 0 Å². The van der Waals surface area contributed by atoms with Crippen LogP contribution in [0.2, 0.25) is 0 Å². The topological polar surface area (TPSA) is 92.4 Å². The molecule has 0 aliphatic heterocycles. The highest BCUT2D eigenvalue weighted by Crippen LogP contribution is 2.26. The van der Waals surface area contributed by atoms with Gasteiger partial charge in [0, 0.05) is 5.69 Å². The Balaban J connectivity index is 3.24. The molecule has 0 amide bonds. The van der Waals surface area contributed by atoms with Crippen LogP contribution in [0, 0.1) is 6.92 Å². The summed E-state index contributed by atoms with van der Waals surface area (Å²) in [6, 6.07) is 4.73. The Labute approximate surface area is 114 Å². The van der Waals surface area contributed by atoms with E-state index in [-0.39, 0.29) is 4.90 Å². The fourth-order valence-corrected chi connectivity index (χ4v) is 3.25. The SMILES string of the molecule is Cc1c(N)cccc1S(=O)(=O)NC(C)(C)C(C)(C)O. The van der Waals surface area contributed by atoms with Crippen LogP contribution in [-0.2, 0) is 10.0 Å². The number of aliphatic hydroxyl groups is 1. The maximum atomic E-state index is 12.4. The molecule has 1 rings (SSSR count). The van der Waals surface area contributed by atoms with Gasteiger partial charge in [-0.25, -0.2) is 13.1 Å². The average molecular weight is 286 g/mol. The van der Waals surface area contributed by atoms with Crippen molar-refractivity contribution in [2.45, 2.75) is 50.7 Å². The van der Waals surface area contributed by atoms with Crippen LogP contribution in [-0.4, -0.2) is 24.7 Å². The minimum Gasteiger partial charge on any atom is -0.398 e. The largest absolute Gasteiger partial charge is 0.398 e. The predicted octanol–water partition coefficient (Wildman–Crippen LogP) is 1.41. The van der Waals surface area contributed by atoms with Crippen molar-refractivity contribution in [3.63, 3.8) is 0 Å². The molecular weight excluding hydrogens is 264 g/mol. The summed E-state index contributed by atoms with van der Waals surface area (Å²) < 4.78 is 27.3. The molecular formula is C13H22N2O3S. The molecule has 0 atom stereocenters. The standard InChI is InChI=1S/C13H22N2O3S/c1-9-10(14)7-6-8-11(9)19(17,18)15-12(2,3)13(4,5)16/h6-8,15-16H,14H2,1-5H3. The summed E-state index contributed by atoms with van der Waals surface area (Å²) in [5.41, 5.74) is 4.44. The van der Waals surface area contributed by atoms with Crippen LogP contribution in [0.5, 0.6) is 0 Å². The van der Waals surface area contributed by atoms with Gasteiger partial charge in [0.05, 0.1) is 16.0 Å². The van der Waals surface area contributed by atoms with E-state index in [9.17, 15) is 13.5 Å². The Morgan fingerprint density at radius 3 is 2.21 bits per heavy atom. The molecule has 4 N–H and O–H groups in total. The van der Waals surface area contributed by atoms with Crippen molar-refractivity contribution in [1.29, 1.82) is 0 Å². The number of nitrogens with two attached hydrogens (primary N) is 1. The highest BCUT2D eigenvalue weighted by Gasteiger charge is 2.39. The van der Waals surface area contributed by atoms with Crippen molar-refractivity contribution in [2.24, 2.45) is 0 Å². The maximum absolute atomic E-state index is 12.4. The molecule has 19 heavy (non-hydrogen) atoms. The van der Waals surface area contributed by atoms with Gasteiger partial charge in [-0.1, -0.05) is 6.07 Å². The van der Waals surface area contributed by atoms with Gasteiger partial charge in [0.25, 0.3) is 0 Å². The van der Waals surface area contributed by atoms with Crippen molar-refractivity contribution in [3.05, 3.63) is 23.8 Å². The van der Waals surface area contributed by atoms with Crippen LogP contribution < -0.4 is 10.5 Å². The Morgan fingerprint density at radius 1 is 1.21 bits per heavy atom. The molecule has 1 aromatic carbocycles. The number of rotatable bonds is 4. The van der Waals surface area contributed by atoms with Crippen LogP contribution in [0.3, 0.4) is 0 Å². The van der Waals surface area contributed by atoms with E-state index < -0.39 is 21.2 Å². The zero-order valence-electron chi connectivity index (χ0n) is 12.0. The Bertz CT molecular complexity index is 572. The average Bonchev–Trinajstić information content (AvgIpc) is 2.18. The molecule has 0 saturated carbocycles. The van der Waals surface area contributed by atoms with E-state index in [1.54, 1.807) is 46.8 Å². The summed E-state index contributed by atoms with van der Waals surface area (Å²) in [5, 5.41) is 10.0. The Morgan fingerprint density at radius 2 is 1.74 bits per heavy atom. The minimum absolute atomic E-state index is 0.129. The van der Waals surface area contributed by atoms with Gasteiger partial charge in [0.1, 0.15) is 0 Å². The van der Waals surface area contributed by atoms with Gasteiger partial charge in [0.2, 0.25) is 10.0 Å². The van der Waals surface area contributed by atoms with Crippen LogP contribution >= 0.6 is 0 Å². The van der Waals surface area contributed by atoms with E-state index in [1.165, 1.54) is 6.07 Å². The van der Waals surface area contributed by atoms with E-state index in [1.807, 2.05) is 0 Å². The second-order valence-corrected chi connectivity index (χ2v) is 7.41. The van der Waals surface area contributed by atoms with Crippen molar-refractivity contribution in [1.82, 2.24) is 4.72 Å². The highest BCUT2D eigenvalue weighted by molar-refractivity contribution is 7.89. The molecule has 0 heterocycles. The zero-order chi connectivity index (χ0) is 15.1. The van der Waals surface area contributed by atoms with Gasteiger partial charge in [0.15, 0.2) is 0 Å². The lowest BCUT2D eigenvalue weighted by atomic mass is 9.87. The molecule has 5 nitrogen and oxygen atoms in total. The first-order chi connectivity index (χ1) is 8.38. The predicted molar refractivity (Wildman–Crippen MR) is 76.3 cm³/mol. The molecule has 0 bridgehead atoms. The van der Waals surface area contributed by atoms with Crippen LogP contribution in [0.15, 0.2) is 23.1 Å². The summed E-state index contributed by atoms with van der Waals surface area (Å²) >= 11 is 0. The third kappa shape index (κ3) is 3.26. The van der Waals surface area contributed by atoms with E-state index in [2.05, 4.69) is 4.72 Å². The van der Waals surface area contributed by atoms with Gasteiger partial charge >= 0.3 is 0 Å². The number of nitrogens with one attached hydrogen (secondary N) is 1.